The van der Waals surface area contributed by atoms with Crippen molar-refractivity contribution in [1.82, 2.24) is 14.8 Å². The van der Waals surface area contributed by atoms with Gasteiger partial charge in [0.25, 0.3) is 0 Å². The average molecular weight is 203 g/mol. The first-order chi connectivity index (χ1) is 7.22. The van der Waals surface area contributed by atoms with Crippen molar-refractivity contribution in [1.29, 1.82) is 0 Å². The van der Waals surface area contributed by atoms with Gasteiger partial charge in [0.1, 0.15) is 0 Å². The first-order valence-electron chi connectivity index (χ1n) is 4.81. The minimum absolute atomic E-state index is 0.0263. The first-order valence-corrected chi connectivity index (χ1v) is 4.81. The zero-order chi connectivity index (χ0) is 10.8. The Bertz CT molecular complexity index is 476. The number of hydrogen-bond donors (Lipinski definition) is 1. The predicted octanol–water partition coefficient (Wildman–Crippen LogP) is 1.38. The molecule has 0 aliphatic heterocycles. The van der Waals surface area contributed by atoms with E-state index in [1.807, 2.05) is 26.0 Å². The zero-order valence-electron chi connectivity index (χ0n) is 8.81. The topological polar surface area (TPSA) is 50.9 Å². The standard InChI is InChI=1S/C11H13N3O/c1-8-6-9(2)14(13-8)11-10(7-15)4-3-5-12-11/h3-6,15H,7H2,1-2H3. The van der Waals surface area contributed by atoms with E-state index in [-0.39, 0.29) is 6.61 Å². The highest BCUT2D eigenvalue weighted by molar-refractivity contribution is 5.34. The zero-order valence-corrected chi connectivity index (χ0v) is 8.81. The van der Waals surface area contributed by atoms with Crippen molar-refractivity contribution >= 4 is 0 Å². The monoisotopic (exact) mass is 203 g/mol. The summed E-state index contributed by atoms with van der Waals surface area (Å²) in [5.74, 6) is 0.700. The molecule has 4 nitrogen and oxygen atoms in total. The van der Waals surface area contributed by atoms with E-state index < -0.39 is 0 Å². The highest BCUT2D eigenvalue weighted by atomic mass is 16.3. The van der Waals surface area contributed by atoms with E-state index in [2.05, 4.69) is 10.1 Å². The second-order valence-corrected chi connectivity index (χ2v) is 3.48. The molecule has 2 rings (SSSR count). The highest BCUT2D eigenvalue weighted by Gasteiger charge is 2.08. The Morgan fingerprint density at radius 3 is 2.80 bits per heavy atom. The smallest absolute Gasteiger partial charge is 0.159 e. The van der Waals surface area contributed by atoms with Crippen LogP contribution < -0.4 is 0 Å². The lowest BCUT2D eigenvalue weighted by molar-refractivity contribution is 0.280. The van der Waals surface area contributed by atoms with Crippen LogP contribution in [-0.4, -0.2) is 19.9 Å². The summed E-state index contributed by atoms with van der Waals surface area (Å²) in [6, 6.07) is 5.63. The molecule has 0 radical (unpaired) electrons. The number of aliphatic hydroxyl groups excluding tert-OH is 1. The molecule has 0 fully saturated rings. The SMILES string of the molecule is Cc1cc(C)n(-c2ncccc2CO)n1. The number of aryl methyl sites for hydroxylation is 2. The van der Waals surface area contributed by atoms with Crippen molar-refractivity contribution in [3.63, 3.8) is 0 Å². The van der Waals surface area contributed by atoms with Crippen LogP contribution in [0.2, 0.25) is 0 Å². The molecule has 2 heterocycles. The van der Waals surface area contributed by atoms with Crippen LogP contribution in [0.15, 0.2) is 24.4 Å². The van der Waals surface area contributed by atoms with Gasteiger partial charge in [-0.3, -0.25) is 0 Å². The third-order valence-corrected chi connectivity index (χ3v) is 2.25. The van der Waals surface area contributed by atoms with Crippen LogP contribution >= 0.6 is 0 Å². The first kappa shape index (κ1) is 9.86. The van der Waals surface area contributed by atoms with Crippen molar-refractivity contribution in [3.8, 4) is 5.82 Å². The predicted molar refractivity (Wildman–Crippen MR) is 56.8 cm³/mol. The fraction of sp³-hybridized carbons (Fsp3) is 0.273. The number of pyridine rings is 1. The molecule has 78 valence electrons. The number of rotatable bonds is 2. The molecule has 15 heavy (non-hydrogen) atoms. The molecule has 0 unspecified atom stereocenters. The summed E-state index contributed by atoms with van der Waals surface area (Å²) in [7, 11) is 0. The summed E-state index contributed by atoms with van der Waals surface area (Å²) >= 11 is 0. The van der Waals surface area contributed by atoms with Gasteiger partial charge in [-0.2, -0.15) is 5.10 Å². The summed E-state index contributed by atoms with van der Waals surface area (Å²) in [5.41, 5.74) is 2.74. The van der Waals surface area contributed by atoms with Gasteiger partial charge in [-0.25, -0.2) is 9.67 Å². The maximum Gasteiger partial charge on any atom is 0.159 e. The van der Waals surface area contributed by atoms with E-state index in [4.69, 9.17) is 0 Å². The molecule has 0 aromatic carbocycles. The summed E-state index contributed by atoms with van der Waals surface area (Å²) < 4.78 is 1.75. The molecule has 0 aliphatic carbocycles. The third kappa shape index (κ3) is 1.76. The van der Waals surface area contributed by atoms with E-state index in [0.717, 1.165) is 17.0 Å². The third-order valence-electron chi connectivity index (χ3n) is 2.25. The van der Waals surface area contributed by atoms with Crippen LogP contribution in [0.25, 0.3) is 5.82 Å². The van der Waals surface area contributed by atoms with Crippen molar-refractivity contribution in [2.45, 2.75) is 20.5 Å². The molecular weight excluding hydrogens is 190 g/mol. The number of hydrogen-bond acceptors (Lipinski definition) is 3. The molecule has 2 aromatic rings. The van der Waals surface area contributed by atoms with Gasteiger partial charge in [0.15, 0.2) is 5.82 Å². The van der Waals surface area contributed by atoms with Crippen LogP contribution in [0, 0.1) is 13.8 Å². The Morgan fingerprint density at radius 2 is 2.20 bits per heavy atom. The van der Waals surface area contributed by atoms with Gasteiger partial charge in [-0.05, 0) is 26.0 Å². The van der Waals surface area contributed by atoms with Crippen molar-refractivity contribution < 1.29 is 5.11 Å². The summed E-state index contributed by atoms with van der Waals surface area (Å²) in [5, 5.41) is 13.5. The van der Waals surface area contributed by atoms with Crippen LogP contribution in [-0.2, 0) is 6.61 Å². The minimum Gasteiger partial charge on any atom is -0.392 e. The average Bonchev–Trinajstić information content (AvgIpc) is 2.57. The molecule has 0 spiro atoms. The van der Waals surface area contributed by atoms with Gasteiger partial charge in [-0.1, -0.05) is 6.07 Å². The Labute approximate surface area is 88.2 Å². The summed E-state index contributed by atoms with van der Waals surface area (Å²) in [6.45, 7) is 3.88. The minimum atomic E-state index is -0.0263. The fourth-order valence-electron chi connectivity index (χ4n) is 1.59. The van der Waals surface area contributed by atoms with Crippen LogP contribution in [0.5, 0.6) is 0 Å². The Kier molecular flexibility index (Phi) is 2.51. The molecular formula is C11H13N3O. The molecule has 0 atom stereocenters. The lowest BCUT2D eigenvalue weighted by Gasteiger charge is -2.07. The lowest BCUT2D eigenvalue weighted by Crippen LogP contribution is -2.05. The molecule has 0 saturated heterocycles. The fourth-order valence-corrected chi connectivity index (χ4v) is 1.59. The molecule has 0 saturated carbocycles. The molecule has 0 bridgehead atoms. The van der Waals surface area contributed by atoms with Crippen molar-refractivity contribution in [3.05, 3.63) is 41.3 Å². The summed E-state index contributed by atoms with van der Waals surface area (Å²) in [6.07, 6.45) is 1.70. The number of aliphatic hydroxyl groups is 1. The van der Waals surface area contributed by atoms with Crippen LogP contribution in [0.3, 0.4) is 0 Å². The summed E-state index contributed by atoms with van der Waals surface area (Å²) in [4.78, 5) is 4.23. The maximum absolute atomic E-state index is 9.20. The van der Waals surface area contributed by atoms with Gasteiger partial charge in [0, 0.05) is 17.5 Å². The van der Waals surface area contributed by atoms with Gasteiger partial charge in [-0.15, -0.1) is 0 Å². The molecule has 0 aliphatic rings. The molecule has 2 aromatic heterocycles. The van der Waals surface area contributed by atoms with Crippen molar-refractivity contribution in [2.75, 3.05) is 0 Å². The molecule has 4 heteroatoms. The van der Waals surface area contributed by atoms with E-state index >= 15 is 0 Å². The lowest BCUT2D eigenvalue weighted by atomic mass is 10.2. The quantitative estimate of drug-likeness (QED) is 0.802. The Morgan fingerprint density at radius 1 is 1.40 bits per heavy atom. The number of aromatic nitrogens is 3. The van der Waals surface area contributed by atoms with Gasteiger partial charge >= 0.3 is 0 Å². The van der Waals surface area contributed by atoms with Crippen LogP contribution in [0.4, 0.5) is 0 Å². The normalized spacial score (nSPS) is 10.6. The van der Waals surface area contributed by atoms with Crippen LogP contribution in [0.1, 0.15) is 17.0 Å². The van der Waals surface area contributed by atoms with E-state index in [9.17, 15) is 5.11 Å². The molecule has 0 amide bonds. The highest BCUT2D eigenvalue weighted by Crippen LogP contribution is 2.13. The Balaban J connectivity index is 2.58. The largest absolute Gasteiger partial charge is 0.392 e. The second kappa shape index (κ2) is 3.82. The maximum atomic E-state index is 9.20. The van der Waals surface area contributed by atoms with Gasteiger partial charge in [0.05, 0.1) is 12.3 Å². The van der Waals surface area contributed by atoms with E-state index in [1.54, 1.807) is 16.9 Å². The van der Waals surface area contributed by atoms with Crippen molar-refractivity contribution in [2.24, 2.45) is 0 Å². The second-order valence-electron chi connectivity index (χ2n) is 3.48. The molecule has 1 N–H and O–H groups in total. The van der Waals surface area contributed by atoms with E-state index in [0.29, 0.717) is 5.82 Å². The number of nitrogens with zero attached hydrogens (tertiary/aromatic N) is 3. The Hall–Kier alpha value is -1.68. The van der Waals surface area contributed by atoms with Gasteiger partial charge < -0.3 is 5.11 Å². The van der Waals surface area contributed by atoms with E-state index in [1.165, 1.54) is 0 Å². The van der Waals surface area contributed by atoms with Gasteiger partial charge in [0.2, 0.25) is 0 Å².